The van der Waals surface area contributed by atoms with Crippen molar-refractivity contribution in [2.75, 3.05) is 0 Å². The maximum absolute atomic E-state index is 13.7. The minimum atomic E-state index is -0.662. The predicted octanol–water partition coefficient (Wildman–Crippen LogP) is 2.54. The molecular weight excluding hydrogens is 233 g/mol. The summed E-state index contributed by atoms with van der Waals surface area (Å²) in [6, 6.07) is 3.54. The van der Waals surface area contributed by atoms with Crippen molar-refractivity contribution in [1.82, 2.24) is 9.55 Å². The van der Waals surface area contributed by atoms with E-state index in [4.69, 9.17) is 5.26 Å². The third-order valence-electron chi connectivity index (χ3n) is 2.77. The molecule has 0 bridgehead atoms. The van der Waals surface area contributed by atoms with Crippen LogP contribution >= 0.6 is 0 Å². The lowest BCUT2D eigenvalue weighted by Crippen LogP contribution is -2.06. The molecule has 0 aliphatic heterocycles. The first-order valence-corrected chi connectivity index (χ1v) is 5.60. The van der Waals surface area contributed by atoms with Gasteiger partial charge in [0.15, 0.2) is 5.78 Å². The zero-order valence-corrected chi connectivity index (χ0v) is 10.1. The predicted molar refractivity (Wildman–Crippen MR) is 64.5 cm³/mol. The molecule has 0 aliphatic rings. The number of halogens is 1. The van der Waals surface area contributed by atoms with Crippen LogP contribution < -0.4 is 0 Å². The van der Waals surface area contributed by atoms with Crippen molar-refractivity contribution < 1.29 is 9.18 Å². The van der Waals surface area contributed by atoms with Crippen LogP contribution in [0.2, 0.25) is 0 Å². The summed E-state index contributed by atoms with van der Waals surface area (Å²) in [6.45, 7) is 3.56. The molecule has 4 nitrogen and oxygen atoms in total. The average molecular weight is 245 g/mol. The van der Waals surface area contributed by atoms with Crippen LogP contribution in [0.5, 0.6) is 0 Å². The van der Waals surface area contributed by atoms with Gasteiger partial charge in [-0.05, 0) is 6.07 Å². The number of carbonyl (C=O) groups excluding carboxylic acids is 1. The zero-order chi connectivity index (χ0) is 13.3. The molecule has 0 saturated heterocycles. The molecule has 5 heteroatoms. The molecule has 0 fully saturated rings. The van der Waals surface area contributed by atoms with Crippen LogP contribution in [-0.4, -0.2) is 15.3 Å². The number of nitriles is 1. The van der Waals surface area contributed by atoms with E-state index in [0.29, 0.717) is 10.9 Å². The molecule has 92 valence electrons. The first kappa shape index (κ1) is 12.2. The Kier molecular flexibility index (Phi) is 3.11. The van der Waals surface area contributed by atoms with Crippen LogP contribution in [0.15, 0.2) is 18.5 Å². The summed E-state index contributed by atoms with van der Waals surface area (Å²) < 4.78 is 15.1. The quantitative estimate of drug-likeness (QED) is 0.616. The van der Waals surface area contributed by atoms with E-state index < -0.39 is 5.95 Å². The van der Waals surface area contributed by atoms with E-state index in [1.54, 1.807) is 19.9 Å². The highest BCUT2D eigenvalue weighted by atomic mass is 19.1. The van der Waals surface area contributed by atoms with Gasteiger partial charge in [0, 0.05) is 29.3 Å². The Hall–Kier alpha value is -2.22. The van der Waals surface area contributed by atoms with Gasteiger partial charge in [0.1, 0.15) is 12.1 Å². The molecule has 0 atom stereocenters. The number of pyridine rings is 1. The van der Waals surface area contributed by atoms with Crippen molar-refractivity contribution in [2.45, 2.75) is 20.4 Å². The van der Waals surface area contributed by atoms with Gasteiger partial charge in [-0.3, -0.25) is 4.79 Å². The van der Waals surface area contributed by atoms with E-state index in [0.717, 1.165) is 0 Å². The minimum Gasteiger partial charge on any atom is -0.329 e. The standard InChI is InChI=1S/C13H12FN3O/c1-8(2)12(18)10-7-17(6-4-15)11-9(10)3-5-16-13(11)14/h3,5,7-8H,6H2,1-2H3. The third-order valence-corrected chi connectivity index (χ3v) is 2.77. The summed E-state index contributed by atoms with van der Waals surface area (Å²) in [4.78, 5) is 15.6. The molecule has 0 saturated carbocycles. The number of aromatic nitrogens is 2. The lowest BCUT2D eigenvalue weighted by Gasteiger charge is -2.01. The van der Waals surface area contributed by atoms with Crippen molar-refractivity contribution in [2.24, 2.45) is 5.92 Å². The summed E-state index contributed by atoms with van der Waals surface area (Å²) in [6.07, 6.45) is 2.85. The lowest BCUT2D eigenvalue weighted by atomic mass is 10.0. The van der Waals surface area contributed by atoms with Crippen LogP contribution in [0.4, 0.5) is 4.39 Å². The maximum atomic E-state index is 13.7. The van der Waals surface area contributed by atoms with Gasteiger partial charge >= 0.3 is 0 Å². The molecule has 0 aliphatic carbocycles. The van der Waals surface area contributed by atoms with Crippen LogP contribution in [0.3, 0.4) is 0 Å². The highest BCUT2D eigenvalue weighted by molar-refractivity contribution is 6.08. The first-order valence-electron chi connectivity index (χ1n) is 5.60. The maximum Gasteiger partial charge on any atom is 0.237 e. The summed E-state index contributed by atoms with van der Waals surface area (Å²) in [5.41, 5.74) is 0.652. The number of hydrogen-bond donors (Lipinski definition) is 0. The Morgan fingerprint density at radius 3 is 2.94 bits per heavy atom. The van der Waals surface area contributed by atoms with E-state index in [1.807, 2.05) is 6.07 Å². The second-order valence-corrected chi connectivity index (χ2v) is 4.35. The molecular formula is C13H12FN3O. The van der Waals surface area contributed by atoms with Gasteiger partial charge < -0.3 is 4.57 Å². The fourth-order valence-corrected chi connectivity index (χ4v) is 1.92. The zero-order valence-electron chi connectivity index (χ0n) is 10.1. The largest absolute Gasteiger partial charge is 0.329 e. The smallest absolute Gasteiger partial charge is 0.237 e. The summed E-state index contributed by atoms with van der Waals surface area (Å²) in [5.74, 6) is -0.907. The van der Waals surface area contributed by atoms with Crippen LogP contribution in [0, 0.1) is 23.2 Å². The lowest BCUT2D eigenvalue weighted by molar-refractivity contribution is 0.0941. The molecule has 2 heterocycles. The number of Topliss-reactive ketones (excluding diaryl/α,β-unsaturated/α-hetero) is 1. The van der Waals surface area contributed by atoms with Crippen molar-refractivity contribution >= 4 is 16.7 Å². The minimum absolute atomic E-state index is 0.00944. The van der Waals surface area contributed by atoms with Crippen LogP contribution in [-0.2, 0) is 6.54 Å². The van der Waals surface area contributed by atoms with Gasteiger partial charge in [0.05, 0.1) is 6.07 Å². The van der Waals surface area contributed by atoms with Crippen LogP contribution in [0.25, 0.3) is 10.9 Å². The Morgan fingerprint density at radius 2 is 2.33 bits per heavy atom. The summed E-state index contributed by atoms with van der Waals surface area (Å²) in [5, 5.41) is 9.24. The number of ketones is 1. The highest BCUT2D eigenvalue weighted by Gasteiger charge is 2.19. The van der Waals surface area contributed by atoms with Gasteiger partial charge in [-0.2, -0.15) is 9.65 Å². The molecule has 0 amide bonds. The van der Waals surface area contributed by atoms with Crippen molar-refractivity contribution in [3.8, 4) is 6.07 Å². The third kappa shape index (κ3) is 1.86. The molecule has 18 heavy (non-hydrogen) atoms. The molecule has 0 N–H and O–H groups in total. The molecule has 0 radical (unpaired) electrons. The van der Waals surface area contributed by atoms with Gasteiger partial charge in [0.2, 0.25) is 5.95 Å². The Bertz CT molecular complexity index is 652. The fourth-order valence-electron chi connectivity index (χ4n) is 1.92. The van der Waals surface area contributed by atoms with Crippen LogP contribution in [0.1, 0.15) is 24.2 Å². The van der Waals surface area contributed by atoms with Crippen molar-refractivity contribution in [3.05, 3.63) is 30.0 Å². The monoisotopic (exact) mass is 245 g/mol. The number of carbonyl (C=O) groups is 1. The van der Waals surface area contributed by atoms with E-state index >= 15 is 0 Å². The van der Waals surface area contributed by atoms with Crippen molar-refractivity contribution in [1.29, 1.82) is 5.26 Å². The molecule has 0 aromatic carbocycles. The van der Waals surface area contributed by atoms with Gasteiger partial charge in [-0.15, -0.1) is 0 Å². The van der Waals surface area contributed by atoms with E-state index in [2.05, 4.69) is 4.98 Å². The summed E-state index contributed by atoms with van der Waals surface area (Å²) in [7, 11) is 0. The Labute approximate surface area is 104 Å². The second-order valence-electron chi connectivity index (χ2n) is 4.35. The highest BCUT2D eigenvalue weighted by Crippen LogP contribution is 2.24. The number of hydrogen-bond acceptors (Lipinski definition) is 3. The molecule has 2 rings (SSSR count). The molecule has 2 aromatic heterocycles. The SMILES string of the molecule is CC(C)C(=O)c1cn(CC#N)c2c(F)nccc12. The van der Waals surface area contributed by atoms with Gasteiger partial charge in [0.25, 0.3) is 0 Å². The van der Waals surface area contributed by atoms with E-state index in [-0.39, 0.29) is 23.8 Å². The normalized spacial score (nSPS) is 10.8. The average Bonchev–Trinajstić information content (AvgIpc) is 2.69. The molecule has 0 unspecified atom stereocenters. The Balaban J connectivity index is 2.73. The van der Waals surface area contributed by atoms with E-state index in [9.17, 15) is 9.18 Å². The van der Waals surface area contributed by atoms with Crippen molar-refractivity contribution in [3.63, 3.8) is 0 Å². The number of fused-ring (bicyclic) bond motifs is 1. The van der Waals surface area contributed by atoms with Gasteiger partial charge in [-0.25, -0.2) is 4.98 Å². The molecule has 2 aromatic rings. The number of nitrogens with zero attached hydrogens (tertiary/aromatic N) is 3. The fraction of sp³-hybridized carbons (Fsp3) is 0.308. The first-order chi connectivity index (χ1) is 8.56. The Morgan fingerprint density at radius 1 is 1.61 bits per heavy atom. The summed E-state index contributed by atoms with van der Waals surface area (Å²) >= 11 is 0. The number of rotatable bonds is 3. The molecule has 0 spiro atoms. The van der Waals surface area contributed by atoms with E-state index in [1.165, 1.54) is 17.0 Å². The topological polar surface area (TPSA) is 58.7 Å². The second kappa shape index (κ2) is 4.57. The van der Waals surface area contributed by atoms with Gasteiger partial charge in [-0.1, -0.05) is 13.8 Å².